The SMILES string of the molecule is COc1ccc(C2CNCCC2CC(=O)O)cc1. The Labute approximate surface area is 107 Å². The summed E-state index contributed by atoms with van der Waals surface area (Å²) in [6.45, 7) is 1.76. The van der Waals surface area contributed by atoms with Gasteiger partial charge in [0.05, 0.1) is 7.11 Å². The zero-order valence-electron chi connectivity index (χ0n) is 10.6. The molecule has 0 amide bonds. The molecule has 0 spiro atoms. The molecular weight excluding hydrogens is 230 g/mol. The first kappa shape index (κ1) is 12.9. The number of nitrogens with one attached hydrogen (secondary N) is 1. The van der Waals surface area contributed by atoms with E-state index in [-0.39, 0.29) is 18.3 Å². The van der Waals surface area contributed by atoms with E-state index in [4.69, 9.17) is 9.84 Å². The van der Waals surface area contributed by atoms with Crippen LogP contribution in [-0.2, 0) is 4.79 Å². The lowest BCUT2D eigenvalue weighted by atomic mass is 9.79. The van der Waals surface area contributed by atoms with E-state index in [9.17, 15) is 4.79 Å². The molecule has 2 N–H and O–H groups in total. The fraction of sp³-hybridized carbons (Fsp3) is 0.500. The quantitative estimate of drug-likeness (QED) is 0.855. The van der Waals surface area contributed by atoms with Gasteiger partial charge in [0.25, 0.3) is 0 Å². The summed E-state index contributed by atoms with van der Waals surface area (Å²) in [6.07, 6.45) is 1.17. The first-order valence-electron chi connectivity index (χ1n) is 6.27. The van der Waals surface area contributed by atoms with Crippen molar-refractivity contribution < 1.29 is 14.6 Å². The Balaban J connectivity index is 2.13. The Morgan fingerprint density at radius 2 is 2.17 bits per heavy atom. The van der Waals surface area contributed by atoms with Gasteiger partial charge in [-0.05, 0) is 42.5 Å². The van der Waals surface area contributed by atoms with Gasteiger partial charge in [0.1, 0.15) is 5.75 Å². The van der Waals surface area contributed by atoms with Gasteiger partial charge < -0.3 is 15.2 Å². The van der Waals surface area contributed by atoms with Crippen LogP contribution in [0.4, 0.5) is 0 Å². The summed E-state index contributed by atoms with van der Waals surface area (Å²) in [5, 5.41) is 12.3. The zero-order chi connectivity index (χ0) is 13.0. The second-order valence-corrected chi connectivity index (χ2v) is 4.73. The Morgan fingerprint density at radius 1 is 1.44 bits per heavy atom. The maximum Gasteiger partial charge on any atom is 0.303 e. The Bertz CT molecular complexity index is 402. The van der Waals surface area contributed by atoms with Crippen molar-refractivity contribution >= 4 is 5.97 Å². The molecule has 2 rings (SSSR count). The van der Waals surface area contributed by atoms with Gasteiger partial charge >= 0.3 is 5.97 Å². The number of hydrogen-bond acceptors (Lipinski definition) is 3. The zero-order valence-corrected chi connectivity index (χ0v) is 10.6. The van der Waals surface area contributed by atoms with Crippen molar-refractivity contribution in [3.8, 4) is 5.75 Å². The number of piperidine rings is 1. The predicted molar refractivity (Wildman–Crippen MR) is 69.0 cm³/mol. The molecule has 4 nitrogen and oxygen atoms in total. The van der Waals surface area contributed by atoms with Gasteiger partial charge in [-0.25, -0.2) is 0 Å². The van der Waals surface area contributed by atoms with E-state index in [1.165, 1.54) is 5.56 Å². The smallest absolute Gasteiger partial charge is 0.303 e. The molecule has 18 heavy (non-hydrogen) atoms. The molecule has 0 aliphatic carbocycles. The van der Waals surface area contributed by atoms with Crippen LogP contribution in [0.15, 0.2) is 24.3 Å². The lowest BCUT2D eigenvalue weighted by molar-refractivity contribution is -0.138. The third-order valence-corrected chi connectivity index (χ3v) is 3.61. The molecule has 0 radical (unpaired) electrons. The maximum atomic E-state index is 10.9. The lowest BCUT2D eigenvalue weighted by Gasteiger charge is -2.31. The molecule has 0 saturated carbocycles. The molecule has 1 saturated heterocycles. The van der Waals surface area contributed by atoms with E-state index in [1.54, 1.807) is 7.11 Å². The van der Waals surface area contributed by atoms with Gasteiger partial charge in [-0.1, -0.05) is 12.1 Å². The molecule has 1 heterocycles. The fourth-order valence-corrected chi connectivity index (χ4v) is 2.62. The number of aliphatic carboxylic acids is 1. The van der Waals surface area contributed by atoms with E-state index in [2.05, 4.69) is 5.32 Å². The molecule has 4 heteroatoms. The van der Waals surface area contributed by atoms with Gasteiger partial charge in [-0.2, -0.15) is 0 Å². The standard InChI is InChI=1S/C14H19NO3/c1-18-12-4-2-10(3-5-12)13-9-15-7-6-11(13)8-14(16)17/h2-5,11,13,15H,6-9H2,1H3,(H,16,17). The van der Waals surface area contributed by atoms with Crippen molar-refractivity contribution in [3.05, 3.63) is 29.8 Å². The van der Waals surface area contributed by atoms with Crippen molar-refractivity contribution in [2.45, 2.75) is 18.8 Å². The first-order valence-corrected chi connectivity index (χ1v) is 6.27. The van der Waals surface area contributed by atoms with E-state index in [0.717, 1.165) is 25.3 Å². The topological polar surface area (TPSA) is 58.6 Å². The summed E-state index contributed by atoms with van der Waals surface area (Å²) >= 11 is 0. The van der Waals surface area contributed by atoms with Crippen molar-refractivity contribution in [1.82, 2.24) is 5.32 Å². The Kier molecular flexibility index (Phi) is 4.20. The predicted octanol–water partition coefficient (Wildman–Crippen LogP) is 1.86. The van der Waals surface area contributed by atoms with E-state index in [0.29, 0.717) is 0 Å². The number of methoxy groups -OCH3 is 1. The third kappa shape index (κ3) is 3.01. The second kappa shape index (κ2) is 5.87. The molecule has 1 aromatic carbocycles. The molecule has 0 bridgehead atoms. The van der Waals surface area contributed by atoms with E-state index >= 15 is 0 Å². The van der Waals surface area contributed by atoms with Crippen LogP contribution in [0.1, 0.15) is 24.3 Å². The highest BCUT2D eigenvalue weighted by atomic mass is 16.5. The Morgan fingerprint density at radius 3 is 2.78 bits per heavy atom. The van der Waals surface area contributed by atoms with Crippen LogP contribution in [0.25, 0.3) is 0 Å². The van der Waals surface area contributed by atoms with Crippen LogP contribution in [0.5, 0.6) is 5.75 Å². The number of carbonyl (C=O) groups is 1. The number of rotatable bonds is 4. The summed E-state index contributed by atoms with van der Waals surface area (Å²) in [6, 6.07) is 7.93. The molecule has 1 aliphatic rings. The van der Waals surface area contributed by atoms with Crippen LogP contribution in [0, 0.1) is 5.92 Å². The average Bonchev–Trinajstić information content (AvgIpc) is 2.39. The average molecular weight is 249 g/mol. The minimum atomic E-state index is -0.708. The van der Waals surface area contributed by atoms with Gasteiger partial charge in [0.15, 0.2) is 0 Å². The molecule has 2 atom stereocenters. The summed E-state index contributed by atoms with van der Waals surface area (Å²) in [5.41, 5.74) is 1.19. The monoisotopic (exact) mass is 249 g/mol. The van der Waals surface area contributed by atoms with Crippen molar-refractivity contribution in [2.75, 3.05) is 20.2 Å². The molecule has 1 aromatic rings. The highest BCUT2D eigenvalue weighted by molar-refractivity contribution is 5.67. The van der Waals surface area contributed by atoms with Crippen LogP contribution in [0.2, 0.25) is 0 Å². The minimum absolute atomic E-state index is 0.220. The number of carboxylic acids is 1. The molecule has 1 aliphatic heterocycles. The summed E-state index contributed by atoms with van der Waals surface area (Å²) < 4.78 is 5.14. The summed E-state index contributed by atoms with van der Waals surface area (Å²) in [4.78, 5) is 10.9. The highest BCUT2D eigenvalue weighted by Gasteiger charge is 2.28. The number of carboxylic acid groups (broad SMARTS) is 1. The maximum absolute atomic E-state index is 10.9. The number of benzene rings is 1. The molecule has 98 valence electrons. The molecular formula is C14H19NO3. The Hall–Kier alpha value is -1.55. The minimum Gasteiger partial charge on any atom is -0.497 e. The van der Waals surface area contributed by atoms with E-state index < -0.39 is 5.97 Å². The van der Waals surface area contributed by atoms with Crippen LogP contribution >= 0.6 is 0 Å². The summed E-state index contributed by atoms with van der Waals surface area (Å²) in [5.74, 6) is 0.621. The largest absolute Gasteiger partial charge is 0.497 e. The van der Waals surface area contributed by atoms with Gasteiger partial charge in [-0.3, -0.25) is 4.79 Å². The third-order valence-electron chi connectivity index (χ3n) is 3.61. The van der Waals surface area contributed by atoms with Crippen molar-refractivity contribution in [3.63, 3.8) is 0 Å². The lowest BCUT2D eigenvalue weighted by Crippen LogP contribution is -2.36. The number of hydrogen-bond donors (Lipinski definition) is 2. The molecule has 0 aromatic heterocycles. The van der Waals surface area contributed by atoms with Crippen molar-refractivity contribution in [1.29, 1.82) is 0 Å². The van der Waals surface area contributed by atoms with Gasteiger partial charge in [-0.15, -0.1) is 0 Å². The first-order chi connectivity index (χ1) is 8.70. The number of ether oxygens (including phenoxy) is 1. The summed E-state index contributed by atoms with van der Waals surface area (Å²) in [7, 11) is 1.64. The van der Waals surface area contributed by atoms with Gasteiger partial charge in [0.2, 0.25) is 0 Å². The van der Waals surface area contributed by atoms with Crippen LogP contribution in [0.3, 0.4) is 0 Å². The fourth-order valence-electron chi connectivity index (χ4n) is 2.62. The van der Waals surface area contributed by atoms with Crippen LogP contribution < -0.4 is 10.1 Å². The van der Waals surface area contributed by atoms with Crippen LogP contribution in [-0.4, -0.2) is 31.3 Å². The van der Waals surface area contributed by atoms with Crippen molar-refractivity contribution in [2.24, 2.45) is 5.92 Å². The highest BCUT2D eigenvalue weighted by Crippen LogP contribution is 2.32. The van der Waals surface area contributed by atoms with Gasteiger partial charge in [0, 0.05) is 13.0 Å². The normalized spacial score (nSPS) is 23.6. The molecule has 2 unspecified atom stereocenters. The van der Waals surface area contributed by atoms with E-state index in [1.807, 2.05) is 24.3 Å². The second-order valence-electron chi connectivity index (χ2n) is 4.73. The molecule has 1 fully saturated rings.